The average Bonchev–Trinajstić information content (AvgIpc) is 2.42. The topological polar surface area (TPSA) is 64.3 Å². The summed E-state index contributed by atoms with van der Waals surface area (Å²) < 4.78 is 5.20. The Morgan fingerprint density at radius 2 is 2.05 bits per heavy atom. The van der Waals surface area contributed by atoms with Crippen LogP contribution in [-0.2, 0) is 4.74 Å². The van der Waals surface area contributed by atoms with Crippen molar-refractivity contribution in [2.75, 3.05) is 37.2 Å². The number of aromatic nitrogens is 2. The van der Waals surface area contributed by atoms with Crippen molar-refractivity contribution in [3.63, 3.8) is 0 Å². The van der Waals surface area contributed by atoms with Crippen molar-refractivity contribution < 1.29 is 4.74 Å². The lowest BCUT2D eigenvalue weighted by atomic mass is 10.1. The van der Waals surface area contributed by atoms with Gasteiger partial charge in [0.2, 0.25) is 0 Å². The Bertz CT molecular complexity index is 385. The number of thioether (sulfide) groups is 1. The SMILES string of the molecule is CCC(CC)N(CCOC)c1cc(N)nc(SC)n1. The summed E-state index contributed by atoms with van der Waals surface area (Å²) in [5.41, 5.74) is 5.86. The van der Waals surface area contributed by atoms with Gasteiger partial charge in [-0.15, -0.1) is 0 Å². The van der Waals surface area contributed by atoms with E-state index in [1.807, 2.05) is 12.3 Å². The lowest BCUT2D eigenvalue weighted by molar-refractivity contribution is 0.202. The van der Waals surface area contributed by atoms with Gasteiger partial charge in [0.15, 0.2) is 5.16 Å². The molecule has 0 atom stereocenters. The molecule has 0 radical (unpaired) electrons. The van der Waals surface area contributed by atoms with E-state index in [0.717, 1.165) is 25.2 Å². The molecule has 0 saturated heterocycles. The first-order valence-corrected chi connectivity index (χ1v) is 7.82. The second-order valence-corrected chi connectivity index (χ2v) is 5.07. The van der Waals surface area contributed by atoms with Gasteiger partial charge in [-0.1, -0.05) is 25.6 Å². The number of methoxy groups -OCH3 is 1. The molecule has 0 aromatic carbocycles. The first-order valence-electron chi connectivity index (χ1n) is 6.60. The van der Waals surface area contributed by atoms with E-state index in [2.05, 4.69) is 28.7 Å². The Morgan fingerprint density at radius 3 is 2.58 bits per heavy atom. The van der Waals surface area contributed by atoms with Crippen LogP contribution in [0.15, 0.2) is 11.2 Å². The maximum absolute atomic E-state index is 5.86. The summed E-state index contributed by atoms with van der Waals surface area (Å²) in [4.78, 5) is 11.0. The smallest absolute Gasteiger partial charge is 0.191 e. The van der Waals surface area contributed by atoms with Gasteiger partial charge in [-0.2, -0.15) is 0 Å². The quantitative estimate of drug-likeness (QED) is 0.584. The van der Waals surface area contributed by atoms with E-state index in [9.17, 15) is 0 Å². The predicted molar refractivity (Wildman–Crippen MR) is 81.8 cm³/mol. The number of nitrogens with two attached hydrogens (primary N) is 1. The Morgan fingerprint density at radius 1 is 1.37 bits per heavy atom. The van der Waals surface area contributed by atoms with Crippen LogP contribution in [-0.4, -0.2) is 42.5 Å². The maximum Gasteiger partial charge on any atom is 0.191 e. The number of hydrogen-bond donors (Lipinski definition) is 1. The fraction of sp³-hybridized carbons (Fsp3) is 0.692. The number of nitrogens with zero attached hydrogens (tertiary/aromatic N) is 3. The highest BCUT2D eigenvalue weighted by Crippen LogP contribution is 2.22. The molecule has 0 spiro atoms. The average molecular weight is 284 g/mol. The molecule has 0 unspecified atom stereocenters. The normalized spacial score (nSPS) is 11.0. The number of hydrogen-bond acceptors (Lipinski definition) is 6. The van der Waals surface area contributed by atoms with Crippen molar-refractivity contribution in [1.29, 1.82) is 0 Å². The zero-order valence-corrected chi connectivity index (χ0v) is 13.0. The van der Waals surface area contributed by atoms with Gasteiger partial charge >= 0.3 is 0 Å². The van der Waals surface area contributed by atoms with Crippen LogP contribution in [0.5, 0.6) is 0 Å². The lowest BCUT2D eigenvalue weighted by Crippen LogP contribution is -2.37. The van der Waals surface area contributed by atoms with Crippen molar-refractivity contribution in [2.24, 2.45) is 0 Å². The van der Waals surface area contributed by atoms with E-state index in [-0.39, 0.29) is 0 Å². The molecule has 0 saturated carbocycles. The number of rotatable bonds is 8. The highest BCUT2D eigenvalue weighted by Gasteiger charge is 2.18. The van der Waals surface area contributed by atoms with Crippen LogP contribution < -0.4 is 10.6 Å². The largest absolute Gasteiger partial charge is 0.383 e. The maximum atomic E-state index is 5.86. The molecule has 0 bridgehead atoms. The number of ether oxygens (including phenoxy) is 1. The van der Waals surface area contributed by atoms with Gasteiger partial charge in [0.05, 0.1) is 6.61 Å². The minimum atomic E-state index is 0.444. The van der Waals surface area contributed by atoms with Crippen LogP contribution in [0, 0.1) is 0 Å². The Labute approximate surface area is 119 Å². The van der Waals surface area contributed by atoms with E-state index in [1.54, 1.807) is 7.11 Å². The standard InChI is InChI=1S/C13H24N4OS/c1-5-10(6-2)17(7-8-18-3)12-9-11(14)15-13(16-12)19-4/h9-10H,5-8H2,1-4H3,(H2,14,15,16). The summed E-state index contributed by atoms with van der Waals surface area (Å²) in [6.45, 7) is 5.87. The Kier molecular flexibility index (Phi) is 6.94. The fourth-order valence-corrected chi connectivity index (χ4v) is 2.45. The molecule has 1 aromatic rings. The first kappa shape index (κ1) is 16.0. The molecule has 1 rings (SSSR count). The second kappa shape index (κ2) is 8.22. The summed E-state index contributed by atoms with van der Waals surface area (Å²) in [6, 6.07) is 2.28. The summed E-state index contributed by atoms with van der Waals surface area (Å²) in [7, 11) is 1.72. The Balaban J connectivity index is 3.04. The van der Waals surface area contributed by atoms with Crippen molar-refractivity contribution in [3.8, 4) is 0 Å². The molecule has 0 aliphatic carbocycles. The summed E-state index contributed by atoms with van der Waals surface area (Å²) >= 11 is 1.51. The molecule has 0 fully saturated rings. The van der Waals surface area contributed by atoms with Gasteiger partial charge in [-0.05, 0) is 19.1 Å². The summed E-state index contributed by atoms with van der Waals surface area (Å²) in [5.74, 6) is 1.41. The minimum Gasteiger partial charge on any atom is -0.383 e. The molecule has 5 nitrogen and oxygen atoms in total. The molecule has 0 aliphatic rings. The lowest BCUT2D eigenvalue weighted by Gasteiger charge is -2.31. The van der Waals surface area contributed by atoms with E-state index in [0.29, 0.717) is 23.6 Å². The van der Waals surface area contributed by atoms with Gasteiger partial charge in [-0.3, -0.25) is 0 Å². The van der Waals surface area contributed by atoms with Crippen LogP contribution >= 0.6 is 11.8 Å². The van der Waals surface area contributed by atoms with Crippen molar-refractivity contribution >= 4 is 23.4 Å². The van der Waals surface area contributed by atoms with Crippen LogP contribution in [0.3, 0.4) is 0 Å². The first-order chi connectivity index (χ1) is 9.15. The zero-order valence-electron chi connectivity index (χ0n) is 12.2. The van der Waals surface area contributed by atoms with E-state index in [1.165, 1.54) is 11.8 Å². The van der Waals surface area contributed by atoms with Crippen LogP contribution in [0.1, 0.15) is 26.7 Å². The molecular weight excluding hydrogens is 260 g/mol. The van der Waals surface area contributed by atoms with Crippen molar-refractivity contribution in [1.82, 2.24) is 9.97 Å². The molecule has 1 heterocycles. The molecule has 0 aliphatic heterocycles. The van der Waals surface area contributed by atoms with Gasteiger partial charge in [0.1, 0.15) is 11.6 Å². The van der Waals surface area contributed by atoms with Gasteiger partial charge in [0, 0.05) is 25.8 Å². The third-order valence-corrected chi connectivity index (χ3v) is 3.66. The fourth-order valence-electron chi connectivity index (χ4n) is 2.07. The molecule has 108 valence electrons. The van der Waals surface area contributed by atoms with Gasteiger partial charge < -0.3 is 15.4 Å². The highest BCUT2D eigenvalue weighted by molar-refractivity contribution is 7.98. The van der Waals surface area contributed by atoms with Crippen molar-refractivity contribution in [2.45, 2.75) is 37.9 Å². The molecule has 6 heteroatoms. The molecule has 1 aromatic heterocycles. The summed E-state index contributed by atoms with van der Waals surface area (Å²) in [5, 5.41) is 0.711. The van der Waals surface area contributed by atoms with E-state index in [4.69, 9.17) is 10.5 Å². The third-order valence-electron chi connectivity index (χ3n) is 3.11. The van der Waals surface area contributed by atoms with Gasteiger partial charge in [0.25, 0.3) is 0 Å². The monoisotopic (exact) mass is 284 g/mol. The third kappa shape index (κ3) is 4.54. The van der Waals surface area contributed by atoms with Crippen LogP contribution in [0.2, 0.25) is 0 Å². The predicted octanol–water partition coefficient (Wildman–Crippen LogP) is 2.42. The molecule has 2 N–H and O–H groups in total. The van der Waals surface area contributed by atoms with Crippen LogP contribution in [0.4, 0.5) is 11.6 Å². The molecule has 0 amide bonds. The number of anilines is 2. The zero-order chi connectivity index (χ0) is 14.3. The van der Waals surface area contributed by atoms with E-state index < -0.39 is 0 Å². The summed E-state index contributed by atoms with van der Waals surface area (Å²) in [6.07, 6.45) is 4.09. The van der Waals surface area contributed by atoms with Crippen molar-refractivity contribution in [3.05, 3.63) is 6.07 Å². The van der Waals surface area contributed by atoms with Gasteiger partial charge in [-0.25, -0.2) is 9.97 Å². The minimum absolute atomic E-state index is 0.444. The molecule has 19 heavy (non-hydrogen) atoms. The molecular formula is C13H24N4OS. The Hall–Kier alpha value is -1.01. The highest BCUT2D eigenvalue weighted by atomic mass is 32.2. The van der Waals surface area contributed by atoms with Crippen LogP contribution in [0.25, 0.3) is 0 Å². The second-order valence-electron chi connectivity index (χ2n) is 4.29. The van der Waals surface area contributed by atoms with E-state index >= 15 is 0 Å². The number of nitrogen functional groups attached to an aromatic ring is 1.